The average molecular weight is 448 g/mol. The molecule has 0 spiro atoms. The molecule has 0 amide bonds. The highest BCUT2D eigenvalue weighted by Gasteiger charge is 2.12. The smallest absolute Gasteiger partial charge is 0.175 e. The van der Waals surface area contributed by atoms with Crippen molar-refractivity contribution >= 4 is 27.5 Å². The van der Waals surface area contributed by atoms with E-state index in [4.69, 9.17) is 21.1 Å². The van der Waals surface area contributed by atoms with Gasteiger partial charge in [-0.2, -0.15) is 0 Å². The maximum Gasteiger partial charge on any atom is 0.175 e. The summed E-state index contributed by atoms with van der Waals surface area (Å²) in [6.07, 6.45) is 3.63. The summed E-state index contributed by atoms with van der Waals surface area (Å²) >= 11 is 9.62. The zero-order valence-electron chi connectivity index (χ0n) is 14.9. The van der Waals surface area contributed by atoms with Crippen molar-refractivity contribution in [3.05, 3.63) is 87.1 Å². The predicted octanol–water partition coefficient (Wildman–Crippen LogP) is 5.37. The van der Waals surface area contributed by atoms with E-state index >= 15 is 0 Å². The van der Waals surface area contributed by atoms with Gasteiger partial charge in [0.05, 0.1) is 11.6 Å². The third-order valence-corrected chi connectivity index (χ3v) is 4.77. The van der Waals surface area contributed by atoms with E-state index in [9.17, 15) is 0 Å². The van der Waals surface area contributed by atoms with Crippen LogP contribution in [-0.2, 0) is 19.7 Å². The molecule has 0 unspecified atom stereocenters. The van der Waals surface area contributed by atoms with E-state index in [1.165, 1.54) is 0 Å². The minimum Gasteiger partial charge on any atom is -0.493 e. The second kappa shape index (κ2) is 9.74. The van der Waals surface area contributed by atoms with Crippen molar-refractivity contribution in [3.63, 3.8) is 0 Å². The Balaban J connectivity index is 1.65. The molecule has 0 aliphatic heterocycles. The molecule has 3 aromatic rings. The average Bonchev–Trinajstić information content (AvgIpc) is 2.67. The van der Waals surface area contributed by atoms with Gasteiger partial charge in [-0.3, -0.25) is 4.98 Å². The Hall–Kier alpha value is -2.08. The lowest BCUT2D eigenvalue weighted by Gasteiger charge is -2.15. The molecule has 0 saturated carbocycles. The van der Waals surface area contributed by atoms with Crippen LogP contribution >= 0.6 is 27.5 Å². The minimum absolute atomic E-state index is 0.411. The van der Waals surface area contributed by atoms with Gasteiger partial charge in [-0.1, -0.05) is 29.8 Å². The standard InChI is InChI=1S/C21H20BrClN2O2/c1-26-20-10-17(13-25-12-16-5-3-7-24-11-16)9-19(22)21(20)27-14-15-4-2-6-18(23)8-15/h2-11,25H,12-14H2,1H3. The predicted molar refractivity (Wildman–Crippen MR) is 111 cm³/mol. The van der Waals surface area contributed by atoms with E-state index in [1.807, 2.05) is 54.7 Å². The SMILES string of the molecule is COc1cc(CNCc2cccnc2)cc(Br)c1OCc1cccc(Cl)c1. The molecule has 0 bridgehead atoms. The second-order valence-corrected chi connectivity index (χ2v) is 7.28. The van der Waals surface area contributed by atoms with E-state index in [2.05, 4.69) is 26.2 Å². The summed E-state index contributed by atoms with van der Waals surface area (Å²) in [6.45, 7) is 1.87. The summed E-state index contributed by atoms with van der Waals surface area (Å²) in [5, 5.41) is 4.10. The molecule has 0 aliphatic rings. The molecule has 0 atom stereocenters. The van der Waals surface area contributed by atoms with Crippen molar-refractivity contribution in [1.29, 1.82) is 0 Å². The number of ether oxygens (including phenoxy) is 2. The lowest BCUT2D eigenvalue weighted by Crippen LogP contribution is -2.13. The largest absolute Gasteiger partial charge is 0.493 e. The zero-order chi connectivity index (χ0) is 19.1. The lowest BCUT2D eigenvalue weighted by molar-refractivity contribution is 0.282. The van der Waals surface area contributed by atoms with Crippen molar-refractivity contribution in [2.45, 2.75) is 19.7 Å². The Morgan fingerprint density at radius 2 is 1.85 bits per heavy atom. The van der Waals surface area contributed by atoms with Crippen molar-refractivity contribution in [3.8, 4) is 11.5 Å². The Kier molecular flexibility index (Phi) is 7.10. The lowest BCUT2D eigenvalue weighted by atomic mass is 10.2. The van der Waals surface area contributed by atoms with Gasteiger partial charge < -0.3 is 14.8 Å². The highest BCUT2D eigenvalue weighted by molar-refractivity contribution is 9.10. The molecule has 1 aromatic heterocycles. The molecule has 0 radical (unpaired) electrons. The van der Waals surface area contributed by atoms with E-state index in [1.54, 1.807) is 13.3 Å². The molecular weight excluding hydrogens is 428 g/mol. The maximum absolute atomic E-state index is 6.03. The third kappa shape index (κ3) is 5.70. The van der Waals surface area contributed by atoms with E-state index in [0.717, 1.165) is 27.7 Å². The molecule has 1 N–H and O–H groups in total. The number of halogens is 2. The first-order chi connectivity index (χ1) is 13.2. The molecule has 1 heterocycles. The minimum atomic E-state index is 0.411. The Labute approximate surface area is 172 Å². The molecule has 6 heteroatoms. The third-order valence-electron chi connectivity index (χ3n) is 3.94. The first-order valence-electron chi connectivity index (χ1n) is 8.49. The van der Waals surface area contributed by atoms with Crippen LogP contribution in [0.5, 0.6) is 11.5 Å². The fraction of sp³-hybridized carbons (Fsp3) is 0.190. The Morgan fingerprint density at radius 1 is 1.04 bits per heavy atom. The first kappa shape index (κ1) is 19.7. The number of hydrogen-bond donors (Lipinski definition) is 1. The number of nitrogens with zero attached hydrogens (tertiary/aromatic N) is 1. The molecule has 4 nitrogen and oxygen atoms in total. The van der Waals surface area contributed by atoms with Gasteiger partial charge in [-0.15, -0.1) is 0 Å². The van der Waals surface area contributed by atoms with E-state index in [0.29, 0.717) is 29.7 Å². The van der Waals surface area contributed by atoms with Crippen LogP contribution in [0.25, 0.3) is 0 Å². The molecule has 3 rings (SSSR count). The monoisotopic (exact) mass is 446 g/mol. The van der Waals surface area contributed by atoms with Crippen LogP contribution in [0.3, 0.4) is 0 Å². The summed E-state index contributed by atoms with van der Waals surface area (Å²) in [6, 6.07) is 15.6. The zero-order valence-corrected chi connectivity index (χ0v) is 17.3. The summed E-state index contributed by atoms with van der Waals surface area (Å²) in [5.41, 5.74) is 3.24. The van der Waals surface area contributed by atoms with Crippen LogP contribution < -0.4 is 14.8 Å². The number of hydrogen-bond acceptors (Lipinski definition) is 4. The van der Waals surface area contributed by atoms with Crippen LogP contribution in [0.2, 0.25) is 5.02 Å². The number of benzene rings is 2. The fourth-order valence-corrected chi connectivity index (χ4v) is 3.47. The molecule has 0 saturated heterocycles. The number of pyridine rings is 1. The highest BCUT2D eigenvalue weighted by atomic mass is 79.9. The normalized spacial score (nSPS) is 10.6. The molecule has 140 valence electrons. The van der Waals surface area contributed by atoms with Gasteiger partial charge in [0.2, 0.25) is 0 Å². The number of aromatic nitrogens is 1. The molecule has 2 aromatic carbocycles. The summed E-state index contributed by atoms with van der Waals surface area (Å²) in [5.74, 6) is 1.36. The Bertz CT molecular complexity index is 891. The van der Waals surface area contributed by atoms with Crippen molar-refractivity contribution in [1.82, 2.24) is 10.3 Å². The Morgan fingerprint density at radius 3 is 2.59 bits per heavy atom. The van der Waals surface area contributed by atoms with Crippen molar-refractivity contribution < 1.29 is 9.47 Å². The van der Waals surface area contributed by atoms with Gasteiger partial charge >= 0.3 is 0 Å². The van der Waals surface area contributed by atoms with E-state index < -0.39 is 0 Å². The topological polar surface area (TPSA) is 43.4 Å². The summed E-state index contributed by atoms with van der Waals surface area (Å²) in [4.78, 5) is 4.12. The van der Waals surface area contributed by atoms with Gasteiger partial charge in [0.25, 0.3) is 0 Å². The van der Waals surface area contributed by atoms with Gasteiger partial charge in [0.1, 0.15) is 6.61 Å². The first-order valence-corrected chi connectivity index (χ1v) is 9.66. The van der Waals surface area contributed by atoms with Crippen LogP contribution in [0.1, 0.15) is 16.7 Å². The summed E-state index contributed by atoms with van der Waals surface area (Å²) < 4.78 is 12.3. The van der Waals surface area contributed by atoms with Crippen LogP contribution in [0, 0.1) is 0 Å². The van der Waals surface area contributed by atoms with Gasteiger partial charge in [-0.25, -0.2) is 0 Å². The molecule has 27 heavy (non-hydrogen) atoms. The van der Waals surface area contributed by atoms with Crippen LogP contribution in [0.15, 0.2) is 65.4 Å². The molecule has 0 aliphatic carbocycles. The van der Waals surface area contributed by atoms with Crippen LogP contribution in [-0.4, -0.2) is 12.1 Å². The summed E-state index contributed by atoms with van der Waals surface area (Å²) in [7, 11) is 1.64. The van der Waals surface area contributed by atoms with Gasteiger partial charge in [0.15, 0.2) is 11.5 Å². The number of methoxy groups -OCH3 is 1. The van der Waals surface area contributed by atoms with Crippen LogP contribution in [0.4, 0.5) is 0 Å². The van der Waals surface area contributed by atoms with E-state index in [-0.39, 0.29) is 0 Å². The highest BCUT2D eigenvalue weighted by Crippen LogP contribution is 2.37. The number of nitrogens with one attached hydrogen (secondary N) is 1. The molecule has 0 fully saturated rings. The second-order valence-electron chi connectivity index (χ2n) is 5.99. The van der Waals surface area contributed by atoms with Crippen molar-refractivity contribution in [2.75, 3.05) is 7.11 Å². The maximum atomic E-state index is 6.03. The molecular formula is C21H20BrClN2O2. The number of rotatable bonds is 8. The van der Waals surface area contributed by atoms with Gasteiger partial charge in [0, 0.05) is 30.5 Å². The van der Waals surface area contributed by atoms with Gasteiger partial charge in [-0.05, 0) is 63.0 Å². The fourth-order valence-electron chi connectivity index (χ4n) is 2.65. The quantitative estimate of drug-likeness (QED) is 0.504. The van der Waals surface area contributed by atoms with Crippen molar-refractivity contribution in [2.24, 2.45) is 0 Å².